The van der Waals surface area contributed by atoms with Crippen molar-refractivity contribution in [3.8, 4) is 28.5 Å². The highest BCUT2D eigenvalue weighted by atomic mass is 32.2. The van der Waals surface area contributed by atoms with Crippen LogP contribution in [-0.2, 0) is 42.5 Å². The van der Waals surface area contributed by atoms with Crippen molar-refractivity contribution in [2.45, 2.75) is 43.9 Å². The Bertz CT molecular complexity index is 1970. The molecule has 3 aromatic carbocycles. The molecule has 0 amide bonds. The number of nitrogen functional groups attached to an aromatic ring is 1. The van der Waals surface area contributed by atoms with Crippen molar-refractivity contribution in [2.75, 3.05) is 26.6 Å². The molecule has 0 atom stereocenters. The molecule has 0 unspecified atom stereocenters. The summed E-state index contributed by atoms with van der Waals surface area (Å²) < 4.78 is 76.0. The van der Waals surface area contributed by atoms with Gasteiger partial charge in [0.15, 0.2) is 5.82 Å². The van der Waals surface area contributed by atoms with Gasteiger partial charge < -0.3 is 19.9 Å². The topological polar surface area (TPSA) is 122 Å². The lowest BCUT2D eigenvalue weighted by molar-refractivity contribution is 0.276. The Balaban J connectivity index is 1.19. The molecule has 13 heteroatoms. The van der Waals surface area contributed by atoms with Gasteiger partial charge in [-0.1, -0.05) is 36.4 Å². The number of aromatic nitrogens is 3. The SMILES string of the molecule is COc1ccc(CN(Cc2ccc(OC)cc2)S(=O)(=O)c2nn(CCOc3cc(-c4ccc5c(c4N)CCC5)cc(F)n3)cc2F)cc1. The van der Waals surface area contributed by atoms with Crippen LogP contribution in [0.1, 0.15) is 28.7 Å². The first kappa shape index (κ1) is 32.9. The third kappa shape index (κ3) is 7.11. The fourth-order valence-electron chi connectivity index (χ4n) is 5.78. The van der Waals surface area contributed by atoms with Crippen molar-refractivity contribution in [1.82, 2.24) is 19.1 Å². The van der Waals surface area contributed by atoms with E-state index in [2.05, 4.69) is 10.1 Å². The lowest BCUT2D eigenvalue weighted by Gasteiger charge is -2.21. The number of nitrogens with two attached hydrogens (primary N) is 1. The lowest BCUT2D eigenvalue weighted by Crippen LogP contribution is -2.31. The van der Waals surface area contributed by atoms with Crippen molar-refractivity contribution in [3.63, 3.8) is 0 Å². The van der Waals surface area contributed by atoms with Crippen LogP contribution in [0, 0.1) is 11.8 Å². The third-order valence-corrected chi connectivity index (χ3v) is 9.99. The Labute approximate surface area is 277 Å². The third-order valence-electron chi connectivity index (χ3n) is 8.29. The first-order valence-corrected chi connectivity index (χ1v) is 16.8. The van der Waals surface area contributed by atoms with Crippen LogP contribution in [0.4, 0.5) is 14.5 Å². The van der Waals surface area contributed by atoms with Gasteiger partial charge in [0.25, 0.3) is 10.0 Å². The summed E-state index contributed by atoms with van der Waals surface area (Å²) in [5.74, 6) is -0.507. The van der Waals surface area contributed by atoms with Crippen LogP contribution in [0.15, 0.2) is 84.0 Å². The minimum absolute atomic E-state index is 0.00975. The van der Waals surface area contributed by atoms with Crippen LogP contribution in [0.5, 0.6) is 17.4 Å². The van der Waals surface area contributed by atoms with Gasteiger partial charge in [0.05, 0.1) is 27.0 Å². The fraction of sp³-hybridized carbons (Fsp3) is 0.257. The summed E-state index contributed by atoms with van der Waals surface area (Å²) in [4.78, 5) is 3.83. The van der Waals surface area contributed by atoms with E-state index in [9.17, 15) is 12.8 Å². The summed E-state index contributed by atoms with van der Waals surface area (Å²) in [6, 6.07) is 20.6. The normalized spacial score (nSPS) is 12.7. The molecule has 2 N–H and O–H groups in total. The molecule has 10 nitrogen and oxygen atoms in total. The number of nitrogens with zero attached hydrogens (tertiary/aromatic N) is 4. The van der Waals surface area contributed by atoms with E-state index in [1.807, 2.05) is 12.1 Å². The van der Waals surface area contributed by atoms with E-state index in [0.717, 1.165) is 40.0 Å². The monoisotopic (exact) mass is 675 g/mol. The first-order valence-electron chi connectivity index (χ1n) is 15.3. The average molecular weight is 676 g/mol. The van der Waals surface area contributed by atoms with E-state index in [1.54, 1.807) is 54.6 Å². The summed E-state index contributed by atoms with van der Waals surface area (Å²) in [6.45, 7) is -0.207. The molecule has 6 rings (SSSR count). The van der Waals surface area contributed by atoms with E-state index in [1.165, 1.54) is 25.8 Å². The van der Waals surface area contributed by atoms with Crippen molar-refractivity contribution in [3.05, 3.63) is 113 Å². The van der Waals surface area contributed by atoms with E-state index in [4.69, 9.17) is 19.9 Å². The number of anilines is 1. The van der Waals surface area contributed by atoms with Crippen LogP contribution < -0.4 is 19.9 Å². The van der Waals surface area contributed by atoms with Crippen LogP contribution in [0.25, 0.3) is 11.1 Å². The summed E-state index contributed by atoms with van der Waals surface area (Å²) >= 11 is 0. The van der Waals surface area contributed by atoms with Crippen LogP contribution in [-0.4, -0.2) is 48.3 Å². The van der Waals surface area contributed by atoms with E-state index in [0.29, 0.717) is 39.4 Å². The van der Waals surface area contributed by atoms with Gasteiger partial charge in [0.2, 0.25) is 16.9 Å². The Hall–Kier alpha value is -5.01. The fourth-order valence-corrected chi connectivity index (χ4v) is 7.17. The van der Waals surface area contributed by atoms with E-state index in [-0.39, 0.29) is 32.1 Å². The number of halogens is 2. The zero-order chi connectivity index (χ0) is 33.8. The second kappa shape index (κ2) is 14.0. The van der Waals surface area contributed by atoms with Gasteiger partial charge in [-0.25, -0.2) is 12.8 Å². The molecule has 2 heterocycles. The molecule has 2 aromatic heterocycles. The summed E-state index contributed by atoms with van der Waals surface area (Å²) in [7, 11) is -1.34. The number of methoxy groups -OCH3 is 2. The number of benzene rings is 3. The molecule has 1 aliphatic carbocycles. The number of hydrogen-bond acceptors (Lipinski definition) is 8. The second-order valence-corrected chi connectivity index (χ2v) is 13.3. The summed E-state index contributed by atoms with van der Waals surface area (Å²) in [5, 5.41) is 3.36. The zero-order valence-corrected chi connectivity index (χ0v) is 27.3. The molecule has 5 aromatic rings. The predicted molar refractivity (Wildman–Crippen MR) is 176 cm³/mol. The Morgan fingerprint density at radius 2 is 1.54 bits per heavy atom. The highest BCUT2D eigenvalue weighted by Gasteiger charge is 2.31. The standard InChI is InChI=1S/C35H35F2N5O5S/c1-45-27-11-6-23(7-12-27)20-42(21-24-8-13-28(46-2)14-9-24)48(43,44)35-31(36)22-41(40-35)16-17-47-33-19-26(18-32(37)39-33)30-15-10-25-4-3-5-29(25)34(30)38/h6-15,18-19,22H,3-5,16-17,20-21,38H2,1-2H3. The first-order chi connectivity index (χ1) is 23.1. The van der Waals surface area contributed by atoms with Gasteiger partial charge in [-0.15, -0.1) is 0 Å². The van der Waals surface area contributed by atoms with Gasteiger partial charge in [0.1, 0.15) is 18.1 Å². The smallest absolute Gasteiger partial charge is 0.265 e. The Morgan fingerprint density at radius 3 is 2.17 bits per heavy atom. The second-order valence-electron chi connectivity index (χ2n) is 11.4. The molecule has 1 aliphatic rings. The maximum absolute atomic E-state index is 15.3. The molecule has 0 bridgehead atoms. The quantitative estimate of drug-likeness (QED) is 0.123. The minimum Gasteiger partial charge on any atom is -0.497 e. The predicted octanol–water partition coefficient (Wildman–Crippen LogP) is 5.78. The number of rotatable bonds is 13. The molecule has 0 fully saturated rings. The van der Waals surface area contributed by atoms with Gasteiger partial charge in [-0.2, -0.15) is 18.8 Å². The number of pyridine rings is 1. The summed E-state index contributed by atoms with van der Waals surface area (Å²) in [6.07, 6.45) is 3.87. The Morgan fingerprint density at radius 1 is 0.896 bits per heavy atom. The van der Waals surface area contributed by atoms with Crippen molar-refractivity contribution >= 4 is 15.7 Å². The molecule has 48 heavy (non-hydrogen) atoms. The zero-order valence-electron chi connectivity index (χ0n) is 26.5. The van der Waals surface area contributed by atoms with E-state index >= 15 is 4.39 Å². The molecule has 0 saturated heterocycles. The van der Waals surface area contributed by atoms with Crippen LogP contribution in [0.2, 0.25) is 0 Å². The summed E-state index contributed by atoms with van der Waals surface area (Å²) in [5.41, 5.74) is 11.9. The van der Waals surface area contributed by atoms with Gasteiger partial charge in [-0.05, 0) is 71.3 Å². The maximum Gasteiger partial charge on any atom is 0.265 e. The van der Waals surface area contributed by atoms with Crippen molar-refractivity contribution < 1.29 is 31.4 Å². The molecule has 0 spiro atoms. The van der Waals surface area contributed by atoms with Gasteiger partial charge >= 0.3 is 0 Å². The van der Waals surface area contributed by atoms with Crippen molar-refractivity contribution in [1.29, 1.82) is 0 Å². The van der Waals surface area contributed by atoms with Gasteiger partial charge in [0, 0.05) is 36.5 Å². The number of fused-ring (bicyclic) bond motifs is 1. The number of hydrogen-bond donors (Lipinski definition) is 1. The lowest BCUT2D eigenvalue weighted by atomic mass is 9.98. The highest BCUT2D eigenvalue weighted by Crippen LogP contribution is 2.36. The number of aryl methyl sites for hydroxylation is 1. The van der Waals surface area contributed by atoms with E-state index < -0.39 is 26.8 Å². The molecule has 250 valence electrons. The molecule has 0 aliphatic heterocycles. The molecule has 0 saturated carbocycles. The highest BCUT2D eigenvalue weighted by molar-refractivity contribution is 7.89. The van der Waals surface area contributed by atoms with Crippen LogP contribution >= 0.6 is 0 Å². The Kier molecular flexibility index (Phi) is 9.60. The molecular weight excluding hydrogens is 640 g/mol. The largest absolute Gasteiger partial charge is 0.497 e. The molecule has 0 radical (unpaired) electrons. The van der Waals surface area contributed by atoms with Gasteiger partial charge in [-0.3, -0.25) is 4.68 Å². The average Bonchev–Trinajstić information content (AvgIpc) is 3.72. The number of ether oxygens (including phenoxy) is 3. The molecular formula is C35H35F2N5O5S. The number of sulfonamides is 1. The minimum atomic E-state index is -4.42. The van der Waals surface area contributed by atoms with Crippen molar-refractivity contribution in [2.24, 2.45) is 0 Å². The van der Waals surface area contributed by atoms with Crippen LogP contribution in [0.3, 0.4) is 0 Å². The maximum atomic E-state index is 15.3.